The van der Waals surface area contributed by atoms with E-state index in [1.54, 1.807) is 31.4 Å². The maximum Gasteiger partial charge on any atom is 0.260 e. The highest BCUT2D eigenvalue weighted by atomic mass is 16.5. The van der Waals surface area contributed by atoms with E-state index in [-0.39, 0.29) is 5.91 Å². The van der Waals surface area contributed by atoms with E-state index in [0.29, 0.717) is 11.3 Å². The van der Waals surface area contributed by atoms with Crippen molar-refractivity contribution in [3.8, 4) is 5.75 Å². The molecule has 2 aromatic rings. The van der Waals surface area contributed by atoms with Gasteiger partial charge in [-0.1, -0.05) is 5.16 Å². The number of hydrogen-bond donors (Lipinski definition) is 1. The van der Waals surface area contributed by atoms with Crippen molar-refractivity contribution >= 4 is 11.6 Å². The first-order valence-electron chi connectivity index (χ1n) is 4.64. The number of methoxy groups -OCH3 is 1. The molecule has 0 saturated carbocycles. The van der Waals surface area contributed by atoms with Gasteiger partial charge in [-0.2, -0.15) is 0 Å². The Morgan fingerprint density at radius 2 is 2.12 bits per heavy atom. The van der Waals surface area contributed by atoms with Crippen LogP contribution >= 0.6 is 0 Å². The summed E-state index contributed by atoms with van der Waals surface area (Å²) in [5.41, 5.74) is 1.07. The van der Waals surface area contributed by atoms with E-state index in [9.17, 15) is 4.79 Å². The second-order valence-corrected chi connectivity index (χ2v) is 3.10. The molecular formula is C11H10N2O3. The molecule has 16 heavy (non-hydrogen) atoms. The number of hydrogen-bond acceptors (Lipinski definition) is 4. The van der Waals surface area contributed by atoms with Gasteiger partial charge in [-0.25, -0.2) is 0 Å². The second kappa shape index (κ2) is 4.48. The predicted molar refractivity (Wildman–Crippen MR) is 57.5 cm³/mol. The van der Waals surface area contributed by atoms with Crippen molar-refractivity contribution in [2.45, 2.75) is 0 Å². The van der Waals surface area contributed by atoms with Gasteiger partial charge in [0.15, 0.2) is 0 Å². The SMILES string of the molecule is COc1ccc(NC(=O)c2cnoc2)cc1. The molecule has 0 saturated heterocycles. The Bertz CT molecular complexity index is 462. The lowest BCUT2D eigenvalue weighted by molar-refractivity contribution is 0.102. The van der Waals surface area contributed by atoms with E-state index in [4.69, 9.17) is 4.74 Å². The first kappa shape index (κ1) is 10.2. The fraction of sp³-hybridized carbons (Fsp3) is 0.0909. The van der Waals surface area contributed by atoms with Gasteiger partial charge in [0.2, 0.25) is 0 Å². The Morgan fingerprint density at radius 1 is 1.38 bits per heavy atom. The monoisotopic (exact) mass is 218 g/mol. The number of nitrogens with zero attached hydrogens (tertiary/aromatic N) is 1. The molecule has 5 heteroatoms. The third-order valence-electron chi connectivity index (χ3n) is 2.04. The number of benzene rings is 1. The molecule has 1 aromatic carbocycles. The molecule has 2 rings (SSSR count). The van der Waals surface area contributed by atoms with Crippen LogP contribution in [0.25, 0.3) is 0 Å². The van der Waals surface area contributed by atoms with Crippen molar-refractivity contribution in [1.82, 2.24) is 5.16 Å². The van der Waals surface area contributed by atoms with E-state index >= 15 is 0 Å². The summed E-state index contributed by atoms with van der Waals surface area (Å²) >= 11 is 0. The standard InChI is InChI=1S/C11H10N2O3/c1-15-10-4-2-9(3-5-10)13-11(14)8-6-12-16-7-8/h2-7H,1H3,(H,13,14). The average Bonchev–Trinajstić information content (AvgIpc) is 2.83. The first-order chi connectivity index (χ1) is 7.79. The number of ether oxygens (including phenoxy) is 1. The third kappa shape index (κ3) is 2.20. The van der Waals surface area contributed by atoms with Gasteiger partial charge in [0.25, 0.3) is 5.91 Å². The molecule has 82 valence electrons. The molecular weight excluding hydrogens is 208 g/mol. The van der Waals surface area contributed by atoms with E-state index in [1.807, 2.05) is 0 Å². The zero-order valence-electron chi connectivity index (χ0n) is 8.64. The molecule has 0 atom stereocenters. The van der Waals surface area contributed by atoms with Crippen molar-refractivity contribution in [3.63, 3.8) is 0 Å². The largest absolute Gasteiger partial charge is 0.497 e. The molecule has 5 nitrogen and oxygen atoms in total. The van der Waals surface area contributed by atoms with Crippen molar-refractivity contribution in [2.24, 2.45) is 0 Å². The Balaban J connectivity index is 2.06. The summed E-state index contributed by atoms with van der Waals surface area (Å²) < 4.78 is 9.59. The van der Waals surface area contributed by atoms with Crippen molar-refractivity contribution in [1.29, 1.82) is 0 Å². The van der Waals surface area contributed by atoms with Crippen LogP contribution in [-0.2, 0) is 0 Å². The molecule has 0 radical (unpaired) electrons. The number of carbonyl (C=O) groups excluding carboxylic acids is 1. The molecule has 0 spiro atoms. The number of anilines is 1. The summed E-state index contributed by atoms with van der Waals surface area (Å²) in [4.78, 5) is 11.6. The first-order valence-corrected chi connectivity index (χ1v) is 4.64. The molecule has 0 unspecified atom stereocenters. The predicted octanol–water partition coefficient (Wildman–Crippen LogP) is 1.94. The molecule has 1 amide bonds. The van der Waals surface area contributed by atoms with E-state index in [2.05, 4.69) is 15.0 Å². The molecule has 1 aromatic heterocycles. The van der Waals surface area contributed by atoms with Crippen molar-refractivity contribution in [3.05, 3.63) is 42.3 Å². The van der Waals surface area contributed by atoms with Crippen LogP contribution in [0.2, 0.25) is 0 Å². The lowest BCUT2D eigenvalue weighted by Gasteiger charge is -2.04. The number of carbonyl (C=O) groups is 1. The molecule has 0 bridgehead atoms. The maximum atomic E-state index is 11.6. The van der Waals surface area contributed by atoms with Gasteiger partial charge in [-0.3, -0.25) is 4.79 Å². The van der Waals surface area contributed by atoms with Crippen molar-refractivity contribution < 1.29 is 14.1 Å². The number of amides is 1. The normalized spacial score (nSPS) is 9.81. The quantitative estimate of drug-likeness (QED) is 0.854. The Morgan fingerprint density at radius 3 is 2.69 bits per heavy atom. The molecule has 0 aliphatic heterocycles. The number of rotatable bonds is 3. The average molecular weight is 218 g/mol. The summed E-state index contributed by atoms with van der Waals surface area (Å²) in [6.45, 7) is 0. The molecule has 0 fully saturated rings. The summed E-state index contributed by atoms with van der Waals surface area (Å²) in [7, 11) is 1.59. The fourth-order valence-corrected chi connectivity index (χ4v) is 1.19. The van der Waals surface area contributed by atoms with E-state index < -0.39 is 0 Å². The Labute approximate surface area is 92.0 Å². The summed E-state index contributed by atoms with van der Waals surface area (Å²) in [5.74, 6) is 0.481. The molecule has 0 aliphatic carbocycles. The fourth-order valence-electron chi connectivity index (χ4n) is 1.19. The van der Waals surface area contributed by atoms with E-state index in [0.717, 1.165) is 5.75 Å². The van der Waals surface area contributed by atoms with Crippen LogP contribution < -0.4 is 10.1 Å². The van der Waals surface area contributed by atoms with Crippen LogP contribution in [0.3, 0.4) is 0 Å². The highest BCUT2D eigenvalue weighted by Crippen LogP contribution is 2.15. The van der Waals surface area contributed by atoms with Gasteiger partial charge < -0.3 is 14.6 Å². The molecule has 1 heterocycles. The van der Waals surface area contributed by atoms with Crippen molar-refractivity contribution in [2.75, 3.05) is 12.4 Å². The van der Waals surface area contributed by atoms with Crippen LogP contribution in [0.1, 0.15) is 10.4 Å². The zero-order chi connectivity index (χ0) is 11.4. The highest BCUT2D eigenvalue weighted by molar-refractivity contribution is 6.03. The zero-order valence-corrected chi connectivity index (χ0v) is 8.64. The minimum atomic E-state index is -0.258. The topological polar surface area (TPSA) is 64.4 Å². The molecule has 1 N–H and O–H groups in total. The van der Waals surface area contributed by atoms with Crippen LogP contribution in [0, 0.1) is 0 Å². The summed E-state index contributed by atoms with van der Waals surface area (Å²) in [6, 6.07) is 7.04. The highest BCUT2D eigenvalue weighted by Gasteiger charge is 2.07. The van der Waals surface area contributed by atoms with E-state index in [1.165, 1.54) is 12.5 Å². The lowest BCUT2D eigenvalue weighted by atomic mass is 10.3. The van der Waals surface area contributed by atoms with Gasteiger partial charge in [-0.05, 0) is 24.3 Å². The lowest BCUT2D eigenvalue weighted by Crippen LogP contribution is -2.10. The van der Waals surface area contributed by atoms with Crippen LogP contribution in [0.15, 0.2) is 41.2 Å². The molecule has 0 aliphatic rings. The van der Waals surface area contributed by atoms with Crippen LogP contribution in [-0.4, -0.2) is 18.2 Å². The number of aromatic nitrogens is 1. The van der Waals surface area contributed by atoms with Gasteiger partial charge in [0.05, 0.1) is 18.9 Å². The third-order valence-corrected chi connectivity index (χ3v) is 2.04. The van der Waals surface area contributed by atoms with Gasteiger partial charge in [0.1, 0.15) is 12.0 Å². The summed E-state index contributed by atoms with van der Waals surface area (Å²) in [6.07, 6.45) is 2.65. The second-order valence-electron chi connectivity index (χ2n) is 3.10. The number of nitrogens with one attached hydrogen (secondary N) is 1. The Kier molecular flexibility index (Phi) is 2.86. The van der Waals surface area contributed by atoms with Gasteiger partial charge in [-0.15, -0.1) is 0 Å². The smallest absolute Gasteiger partial charge is 0.260 e. The minimum Gasteiger partial charge on any atom is -0.497 e. The van der Waals surface area contributed by atoms with Crippen LogP contribution in [0.5, 0.6) is 5.75 Å². The van der Waals surface area contributed by atoms with Gasteiger partial charge in [0, 0.05) is 5.69 Å². The maximum absolute atomic E-state index is 11.6. The Hall–Kier alpha value is -2.30. The minimum absolute atomic E-state index is 0.258. The van der Waals surface area contributed by atoms with Gasteiger partial charge >= 0.3 is 0 Å². The summed E-state index contributed by atoms with van der Waals surface area (Å²) in [5, 5.41) is 6.16. The van der Waals surface area contributed by atoms with Crippen LogP contribution in [0.4, 0.5) is 5.69 Å².